The van der Waals surface area contributed by atoms with Crippen LogP contribution in [0.15, 0.2) is 36.8 Å². The van der Waals surface area contributed by atoms with Crippen molar-refractivity contribution in [1.29, 1.82) is 0 Å². The minimum atomic E-state index is -0.144. The number of hydrogen-bond acceptors (Lipinski definition) is 8. The highest BCUT2D eigenvalue weighted by Crippen LogP contribution is 2.38. The van der Waals surface area contributed by atoms with E-state index in [0.29, 0.717) is 36.2 Å². The second kappa shape index (κ2) is 9.69. The summed E-state index contributed by atoms with van der Waals surface area (Å²) in [7, 11) is 1.61. The second-order valence-corrected chi connectivity index (χ2v) is 9.27. The van der Waals surface area contributed by atoms with Gasteiger partial charge in [0.15, 0.2) is 11.5 Å². The third kappa shape index (κ3) is 4.33. The first-order chi connectivity index (χ1) is 18.1. The van der Waals surface area contributed by atoms with Crippen molar-refractivity contribution in [3.8, 4) is 22.7 Å². The maximum Gasteiger partial charge on any atom is 0.323 e. The zero-order valence-corrected chi connectivity index (χ0v) is 20.8. The molecule has 12 nitrogen and oxygen atoms in total. The molecule has 6 heterocycles. The molecule has 2 aliphatic rings. The molecule has 2 fully saturated rings. The largest absolute Gasteiger partial charge is 0.496 e. The van der Waals surface area contributed by atoms with Crippen molar-refractivity contribution in [3.63, 3.8) is 0 Å². The lowest BCUT2D eigenvalue weighted by atomic mass is 10.0. The molecule has 0 aliphatic carbocycles. The van der Waals surface area contributed by atoms with E-state index in [1.165, 1.54) is 0 Å². The van der Waals surface area contributed by atoms with Crippen molar-refractivity contribution in [3.05, 3.63) is 36.8 Å². The zero-order valence-electron chi connectivity index (χ0n) is 20.8. The molecule has 1 atom stereocenters. The minimum Gasteiger partial charge on any atom is -0.496 e. The molecule has 0 unspecified atom stereocenters. The molecule has 0 saturated carbocycles. The number of anilines is 2. The molecule has 0 aromatic carbocycles. The Bertz CT molecular complexity index is 1410. The van der Waals surface area contributed by atoms with E-state index in [9.17, 15) is 4.79 Å². The van der Waals surface area contributed by atoms with Crippen molar-refractivity contribution in [2.24, 2.45) is 0 Å². The van der Waals surface area contributed by atoms with E-state index in [2.05, 4.69) is 37.4 Å². The van der Waals surface area contributed by atoms with Gasteiger partial charge in [-0.3, -0.25) is 10.4 Å². The van der Waals surface area contributed by atoms with Crippen molar-refractivity contribution < 1.29 is 14.3 Å². The Morgan fingerprint density at radius 2 is 2.03 bits per heavy atom. The number of nitrogens with zero attached hydrogens (tertiary/aromatic N) is 7. The van der Waals surface area contributed by atoms with Crippen LogP contribution in [0, 0.1) is 0 Å². The van der Waals surface area contributed by atoms with Crippen LogP contribution in [0.4, 0.5) is 16.4 Å². The number of ether oxygens (including phenoxy) is 2. The zero-order chi connectivity index (χ0) is 25.4. The third-order valence-electron chi connectivity index (χ3n) is 6.90. The van der Waals surface area contributed by atoms with Gasteiger partial charge >= 0.3 is 6.03 Å². The highest BCUT2D eigenvalue weighted by molar-refractivity contribution is 5.97. The molecule has 2 amide bonds. The summed E-state index contributed by atoms with van der Waals surface area (Å²) in [6.07, 6.45) is 7.31. The Labute approximate surface area is 213 Å². The molecular formula is C25H29N9O3. The van der Waals surface area contributed by atoms with Gasteiger partial charge in [-0.1, -0.05) is 0 Å². The van der Waals surface area contributed by atoms with Gasteiger partial charge in [-0.15, -0.1) is 0 Å². The van der Waals surface area contributed by atoms with E-state index in [1.807, 2.05) is 12.1 Å². The number of pyridine rings is 2. The summed E-state index contributed by atoms with van der Waals surface area (Å²) in [4.78, 5) is 26.2. The quantitative estimate of drug-likeness (QED) is 0.426. The van der Waals surface area contributed by atoms with E-state index >= 15 is 0 Å². The monoisotopic (exact) mass is 503 g/mol. The van der Waals surface area contributed by atoms with Crippen LogP contribution in [0.5, 0.6) is 5.75 Å². The van der Waals surface area contributed by atoms with Gasteiger partial charge in [0, 0.05) is 60.7 Å². The van der Waals surface area contributed by atoms with Crippen LogP contribution in [-0.2, 0) is 4.74 Å². The van der Waals surface area contributed by atoms with Crippen LogP contribution in [0.3, 0.4) is 0 Å². The van der Waals surface area contributed by atoms with Gasteiger partial charge in [-0.2, -0.15) is 14.9 Å². The summed E-state index contributed by atoms with van der Waals surface area (Å²) in [5.74, 6) is 2.49. The molecule has 2 aliphatic heterocycles. The fourth-order valence-corrected chi connectivity index (χ4v) is 4.95. The highest BCUT2D eigenvalue weighted by Gasteiger charge is 2.25. The van der Waals surface area contributed by atoms with E-state index < -0.39 is 0 Å². The molecule has 192 valence electrons. The van der Waals surface area contributed by atoms with Crippen LogP contribution in [0.1, 0.15) is 19.8 Å². The van der Waals surface area contributed by atoms with E-state index in [4.69, 9.17) is 14.5 Å². The Morgan fingerprint density at radius 1 is 1.16 bits per heavy atom. The summed E-state index contributed by atoms with van der Waals surface area (Å²) in [6.45, 7) is 5.64. The summed E-state index contributed by atoms with van der Waals surface area (Å²) in [5.41, 5.74) is 2.33. The lowest BCUT2D eigenvalue weighted by molar-refractivity contribution is 0.0985. The predicted molar refractivity (Wildman–Crippen MR) is 138 cm³/mol. The molecule has 4 aromatic heterocycles. The number of likely N-dealkylation sites (tertiary alicyclic amines) is 1. The van der Waals surface area contributed by atoms with Crippen molar-refractivity contribution >= 4 is 28.7 Å². The summed E-state index contributed by atoms with van der Waals surface area (Å²) in [5, 5.41) is 15.5. The average molecular weight is 504 g/mol. The molecule has 12 heteroatoms. The minimum absolute atomic E-state index is 0.144. The van der Waals surface area contributed by atoms with Crippen LogP contribution >= 0.6 is 0 Å². The van der Waals surface area contributed by atoms with E-state index in [-0.39, 0.29) is 12.1 Å². The fourth-order valence-electron chi connectivity index (χ4n) is 4.95. The first-order valence-electron chi connectivity index (χ1n) is 12.5. The number of carbonyl (C=O) groups is 1. The van der Waals surface area contributed by atoms with Crippen LogP contribution < -0.4 is 15.0 Å². The topological polar surface area (TPSA) is 126 Å². The number of carbonyl (C=O) groups excluding carboxylic acids is 1. The first kappa shape index (κ1) is 23.2. The van der Waals surface area contributed by atoms with Gasteiger partial charge in [0.05, 0.1) is 32.6 Å². The Balaban J connectivity index is 1.45. The SMILES string of the molecule is COc1cc(NC(=O)N2CCCC2)ncc1-c1cc(N2CCOC[C@H]2C)nc2c1cnn2-c1cc[nH]n1. The Hall–Kier alpha value is -4.19. The summed E-state index contributed by atoms with van der Waals surface area (Å²) >= 11 is 0. The van der Waals surface area contributed by atoms with Crippen LogP contribution in [0.25, 0.3) is 28.0 Å². The van der Waals surface area contributed by atoms with Gasteiger partial charge in [0.2, 0.25) is 0 Å². The number of rotatable bonds is 5. The molecule has 0 bridgehead atoms. The summed E-state index contributed by atoms with van der Waals surface area (Å²) in [6, 6.07) is 5.66. The van der Waals surface area contributed by atoms with Gasteiger partial charge in [0.25, 0.3) is 0 Å². The number of amides is 2. The number of methoxy groups -OCH3 is 1. The van der Waals surface area contributed by atoms with Gasteiger partial charge in [0.1, 0.15) is 17.4 Å². The molecule has 2 N–H and O–H groups in total. The predicted octanol–water partition coefficient (Wildman–Crippen LogP) is 3.07. The van der Waals surface area contributed by atoms with Crippen molar-refractivity contribution in [2.75, 3.05) is 50.2 Å². The molecule has 0 spiro atoms. The Kier molecular flexibility index (Phi) is 6.08. The number of urea groups is 1. The molecule has 2 saturated heterocycles. The third-order valence-corrected chi connectivity index (χ3v) is 6.90. The number of fused-ring (bicyclic) bond motifs is 1. The smallest absolute Gasteiger partial charge is 0.323 e. The van der Waals surface area contributed by atoms with Crippen molar-refractivity contribution in [2.45, 2.75) is 25.8 Å². The number of aromatic amines is 1. The number of H-pyrrole nitrogens is 1. The number of morpholine rings is 1. The number of aromatic nitrogens is 6. The van der Waals surface area contributed by atoms with Crippen LogP contribution in [0.2, 0.25) is 0 Å². The summed E-state index contributed by atoms with van der Waals surface area (Å²) < 4.78 is 13.1. The van der Waals surface area contributed by atoms with Gasteiger partial charge < -0.3 is 19.3 Å². The Morgan fingerprint density at radius 3 is 2.78 bits per heavy atom. The lowest BCUT2D eigenvalue weighted by Crippen LogP contribution is -2.44. The average Bonchev–Trinajstić information content (AvgIpc) is 3.70. The lowest BCUT2D eigenvalue weighted by Gasteiger charge is -2.34. The van der Waals surface area contributed by atoms with Crippen LogP contribution in [-0.4, -0.2) is 86.9 Å². The number of hydrogen-bond donors (Lipinski definition) is 2. The second-order valence-electron chi connectivity index (χ2n) is 9.27. The van der Waals surface area contributed by atoms with E-state index in [1.54, 1.807) is 41.3 Å². The standard InChI is InChI=1S/C25H29N9O3/c1-16-15-37-10-9-33(16)23-11-17(19-14-28-34(24(19)30-23)22-5-6-27-31-22)18-13-26-21(12-20(18)36-2)29-25(35)32-7-3-4-8-32/h5-6,11-14,16H,3-4,7-10,15H2,1-2H3,(H,27,31)(H,26,29,35)/t16-/m1/s1. The number of nitrogens with one attached hydrogen (secondary N) is 2. The van der Waals surface area contributed by atoms with Crippen molar-refractivity contribution in [1.82, 2.24) is 34.8 Å². The highest BCUT2D eigenvalue weighted by atomic mass is 16.5. The maximum atomic E-state index is 12.6. The first-order valence-corrected chi connectivity index (χ1v) is 12.5. The van der Waals surface area contributed by atoms with E-state index in [0.717, 1.165) is 54.8 Å². The van der Waals surface area contributed by atoms with Gasteiger partial charge in [-0.05, 0) is 25.8 Å². The fraction of sp³-hybridized carbons (Fsp3) is 0.400. The molecule has 6 rings (SSSR count). The molecule has 4 aromatic rings. The normalized spacial score (nSPS) is 17.9. The molecular weight excluding hydrogens is 474 g/mol. The molecule has 37 heavy (non-hydrogen) atoms. The maximum absolute atomic E-state index is 12.6. The van der Waals surface area contributed by atoms with Gasteiger partial charge in [-0.25, -0.2) is 14.8 Å². The molecule has 0 radical (unpaired) electrons.